The average molecular weight is 484 g/mol. The Labute approximate surface area is 210 Å². The molecule has 3 aromatic carbocycles. The molecule has 4 aromatic rings. The van der Waals surface area contributed by atoms with Gasteiger partial charge in [-0.05, 0) is 40.5 Å². The second-order valence-electron chi connectivity index (χ2n) is 8.20. The van der Waals surface area contributed by atoms with Crippen LogP contribution < -0.4 is 5.32 Å². The maximum atomic E-state index is 13.7. The van der Waals surface area contributed by atoms with Crippen molar-refractivity contribution in [2.45, 2.75) is 25.6 Å². The number of amides is 2. The van der Waals surface area contributed by atoms with Crippen molar-refractivity contribution in [3.8, 4) is 0 Å². The first-order valence-electron chi connectivity index (χ1n) is 11.4. The van der Waals surface area contributed by atoms with Gasteiger partial charge in [0, 0.05) is 30.5 Å². The van der Waals surface area contributed by atoms with Crippen LogP contribution in [0.3, 0.4) is 0 Å². The molecular formula is C29H26ClN3O2. The first-order chi connectivity index (χ1) is 17.1. The van der Waals surface area contributed by atoms with Gasteiger partial charge in [0.25, 0.3) is 0 Å². The molecule has 0 aliphatic heterocycles. The van der Waals surface area contributed by atoms with Gasteiger partial charge < -0.3 is 10.2 Å². The molecule has 1 N–H and O–H groups in total. The highest BCUT2D eigenvalue weighted by Crippen LogP contribution is 2.25. The Hall–Kier alpha value is -3.96. The number of benzene rings is 3. The van der Waals surface area contributed by atoms with Gasteiger partial charge in [0.2, 0.25) is 11.8 Å². The van der Waals surface area contributed by atoms with Crippen molar-refractivity contribution in [3.63, 3.8) is 0 Å². The quantitative estimate of drug-likeness (QED) is 0.348. The Morgan fingerprint density at radius 2 is 1.46 bits per heavy atom. The molecule has 0 saturated heterocycles. The summed E-state index contributed by atoms with van der Waals surface area (Å²) >= 11 is 6.08. The van der Waals surface area contributed by atoms with Gasteiger partial charge >= 0.3 is 0 Å². The molecule has 1 heterocycles. The fraction of sp³-hybridized carbons (Fsp3) is 0.138. The van der Waals surface area contributed by atoms with Crippen molar-refractivity contribution < 1.29 is 9.59 Å². The van der Waals surface area contributed by atoms with Crippen LogP contribution in [0.2, 0.25) is 5.02 Å². The normalized spacial score (nSPS) is 11.5. The van der Waals surface area contributed by atoms with Crippen LogP contribution in [0.5, 0.6) is 0 Å². The number of aromatic nitrogens is 1. The summed E-state index contributed by atoms with van der Waals surface area (Å²) < 4.78 is 0. The zero-order valence-electron chi connectivity index (χ0n) is 19.2. The van der Waals surface area contributed by atoms with E-state index in [0.29, 0.717) is 11.6 Å². The van der Waals surface area contributed by atoms with Crippen LogP contribution in [0, 0.1) is 0 Å². The van der Waals surface area contributed by atoms with Crippen LogP contribution in [0.15, 0.2) is 109 Å². The van der Waals surface area contributed by atoms with Crippen LogP contribution >= 0.6 is 11.6 Å². The number of halogens is 1. The van der Waals surface area contributed by atoms with Crippen LogP contribution in [0.25, 0.3) is 0 Å². The first-order valence-corrected chi connectivity index (χ1v) is 11.8. The highest BCUT2D eigenvalue weighted by atomic mass is 35.5. The lowest BCUT2D eigenvalue weighted by Crippen LogP contribution is -2.43. The lowest BCUT2D eigenvalue weighted by Gasteiger charge is -2.32. The number of hydrogen-bond acceptors (Lipinski definition) is 3. The van der Waals surface area contributed by atoms with Gasteiger partial charge in [-0.25, -0.2) is 0 Å². The van der Waals surface area contributed by atoms with Gasteiger partial charge in [-0.2, -0.15) is 0 Å². The molecule has 0 saturated carbocycles. The van der Waals surface area contributed by atoms with Gasteiger partial charge in [-0.15, -0.1) is 0 Å². The molecule has 0 fully saturated rings. The Balaban J connectivity index is 1.66. The summed E-state index contributed by atoms with van der Waals surface area (Å²) in [6.07, 6.45) is 3.59. The topological polar surface area (TPSA) is 62.3 Å². The molecule has 4 rings (SSSR count). The van der Waals surface area contributed by atoms with E-state index in [1.165, 1.54) is 0 Å². The summed E-state index contributed by atoms with van der Waals surface area (Å²) in [4.78, 5) is 33.1. The van der Waals surface area contributed by atoms with Crippen molar-refractivity contribution in [1.29, 1.82) is 0 Å². The molecule has 1 aromatic heterocycles. The maximum Gasteiger partial charge on any atom is 0.247 e. The largest absolute Gasteiger partial charge is 0.350 e. The number of nitrogens with zero attached hydrogens (tertiary/aromatic N) is 2. The molecule has 0 radical (unpaired) electrons. The van der Waals surface area contributed by atoms with Gasteiger partial charge in [-0.3, -0.25) is 14.6 Å². The molecule has 0 spiro atoms. The fourth-order valence-corrected chi connectivity index (χ4v) is 4.00. The number of hydrogen-bond donors (Lipinski definition) is 1. The highest BCUT2D eigenvalue weighted by molar-refractivity contribution is 6.30. The minimum atomic E-state index is -0.806. The number of rotatable bonds is 9. The Kier molecular flexibility index (Phi) is 8.25. The predicted molar refractivity (Wildman–Crippen MR) is 137 cm³/mol. The molecule has 35 heavy (non-hydrogen) atoms. The van der Waals surface area contributed by atoms with E-state index < -0.39 is 6.04 Å². The van der Waals surface area contributed by atoms with Crippen LogP contribution in [-0.4, -0.2) is 21.7 Å². The van der Waals surface area contributed by atoms with Crippen LogP contribution in [0.4, 0.5) is 0 Å². The van der Waals surface area contributed by atoms with E-state index in [0.717, 1.165) is 22.3 Å². The Morgan fingerprint density at radius 1 is 0.800 bits per heavy atom. The summed E-state index contributed by atoms with van der Waals surface area (Å²) in [6, 6.07) is 29.2. The number of pyridine rings is 1. The molecule has 6 heteroatoms. The van der Waals surface area contributed by atoms with E-state index in [-0.39, 0.29) is 24.8 Å². The number of nitrogens with one attached hydrogen (secondary N) is 1. The molecule has 176 valence electrons. The van der Waals surface area contributed by atoms with E-state index in [4.69, 9.17) is 11.6 Å². The fourth-order valence-electron chi connectivity index (χ4n) is 3.88. The summed E-state index contributed by atoms with van der Waals surface area (Å²) in [5.74, 6) is -0.396. The van der Waals surface area contributed by atoms with Crippen LogP contribution in [0.1, 0.15) is 28.3 Å². The van der Waals surface area contributed by atoms with E-state index in [2.05, 4.69) is 10.3 Å². The average Bonchev–Trinajstić information content (AvgIpc) is 2.90. The standard InChI is InChI=1S/C29H26ClN3O2/c30-26-15-13-23(14-16-26)21-33(27(34)18-22-8-3-1-4-9-22)28(25-11-5-2-6-12-25)29(35)32-20-24-10-7-17-31-19-24/h1-17,19,28H,18,20-21H2,(H,32,35)/t28-/m1/s1. The SMILES string of the molecule is O=C(NCc1cccnc1)[C@@H](c1ccccc1)N(Cc1ccc(Cl)cc1)C(=O)Cc1ccccc1. The van der Waals surface area contributed by atoms with Crippen molar-refractivity contribution in [3.05, 3.63) is 137 Å². The number of carbonyl (C=O) groups is 2. The van der Waals surface area contributed by atoms with E-state index in [1.54, 1.807) is 29.4 Å². The Morgan fingerprint density at radius 3 is 2.11 bits per heavy atom. The predicted octanol–water partition coefficient (Wildman–Crippen LogP) is 5.36. The van der Waals surface area contributed by atoms with Crippen molar-refractivity contribution >= 4 is 23.4 Å². The molecule has 2 amide bonds. The van der Waals surface area contributed by atoms with E-state index in [9.17, 15) is 9.59 Å². The van der Waals surface area contributed by atoms with Crippen molar-refractivity contribution in [2.24, 2.45) is 0 Å². The Bertz CT molecular complexity index is 1230. The lowest BCUT2D eigenvalue weighted by molar-refractivity contribution is -0.141. The summed E-state index contributed by atoms with van der Waals surface area (Å²) in [7, 11) is 0. The van der Waals surface area contributed by atoms with Crippen molar-refractivity contribution in [1.82, 2.24) is 15.2 Å². The van der Waals surface area contributed by atoms with Gasteiger partial charge in [0.1, 0.15) is 6.04 Å². The lowest BCUT2D eigenvalue weighted by atomic mass is 10.0. The summed E-state index contributed by atoms with van der Waals surface area (Å²) in [5, 5.41) is 3.61. The molecule has 0 bridgehead atoms. The second-order valence-corrected chi connectivity index (χ2v) is 8.64. The van der Waals surface area contributed by atoms with E-state index >= 15 is 0 Å². The third-order valence-electron chi connectivity index (χ3n) is 5.65. The monoisotopic (exact) mass is 483 g/mol. The molecule has 1 atom stereocenters. The molecule has 5 nitrogen and oxygen atoms in total. The smallest absolute Gasteiger partial charge is 0.247 e. The van der Waals surface area contributed by atoms with Gasteiger partial charge in [0.15, 0.2) is 0 Å². The molecule has 0 unspecified atom stereocenters. The summed E-state index contributed by atoms with van der Waals surface area (Å²) in [5.41, 5.74) is 3.40. The molecule has 0 aliphatic rings. The highest BCUT2D eigenvalue weighted by Gasteiger charge is 2.31. The zero-order chi connectivity index (χ0) is 24.5. The van der Waals surface area contributed by atoms with Crippen LogP contribution in [-0.2, 0) is 29.1 Å². The molecule has 0 aliphatic carbocycles. The summed E-state index contributed by atoms with van der Waals surface area (Å²) in [6.45, 7) is 0.584. The third-order valence-corrected chi connectivity index (χ3v) is 5.90. The maximum absolute atomic E-state index is 13.7. The molecular weight excluding hydrogens is 458 g/mol. The second kappa shape index (κ2) is 12.0. The first kappa shape index (κ1) is 24.2. The van der Waals surface area contributed by atoms with E-state index in [1.807, 2.05) is 84.9 Å². The van der Waals surface area contributed by atoms with Gasteiger partial charge in [-0.1, -0.05) is 90.5 Å². The minimum absolute atomic E-state index is 0.142. The zero-order valence-corrected chi connectivity index (χ0v) is 19.9. The van der Waals surface area contributed by atoms with Crippen molar-refractivity contribution in [2.75, 3.05) is 0 Å². The third kappa shape index (κ3) is 6.78. The number of carbonyl (C=O) groups excluding carboxylic acids is 2. The minimum Gasteiger partial charge on any atom is -0.350 e. The van der Waals surface area contributed by atoms with Gasteiger partial charge in [0.05, 0.1) is 6.42 Å².